The van der Waals surface area contributed by atoms with Crippen molar-refractivity contribution >= 4 is 0 Å². The van der Waals surface area contributed by atoms with Crippen LogP contribution in [0.1, 0.15) is 96.8 Å². The zero-order valence-electron chi connectivity index (χ0n) is 17.6. The van der Waals surface area contributed by atoms with Gasteiger partial charge in [-0.2, -0.15) is 48.3 Å². The third kappa shape index (κ3) is 8.26. The minimum absolute atomic E-state index is 0.0517. The van der Waals surface area contributed by atoms with Gasteiger partial charge in [0.15, 0.2) is 0 Å². The van der Waals surface area contributed by atoms with E-state index < -0.39 is 42.7 Å². The van der Waals surface area contributed by atoms with Gasteiger partial charge in [0.2, 0.25) is 0 Å². The van der Waals surface area contributed by atoms with Crippen LogP contribution in [-0.2, 0) is 0 Å². The summed E-state index contributed by atoms with van der Waals surface area (Å²) in [6.07, 6.45) is 0.762. The first-order valence-electron chi connectivity index (χ1n) is 10.6. The highest BCUT2D eigenvalue weighted by Crippen LogP contribution is 2.58. The molecule has 0 aromatic heterocycles. The lowest BCUT2D eigenvalue weighted by molar-refractivity contribution is -0.422. The molecule has 0 saturated heterocycles. The molecule has 0 nitrogen and oxygen atoms in total. The summed E-state index contributed by atoms with van der Waals surface area (Å²) in [4.78, 5) is 0. The van der Waals surface area contributed by atoms with Crippen molar-refractivity contribution in [2.45, 2.75) is 127 Å². The number of alkyl halides is 11. The molecule has 188 valence electrons. The summed E-state index contributed by atoms with van der Waals surface area (Å²) >= 11 is 0. The van der Waals surface area contributed by atoms with Gasteiger partial charge in [-0.25, -0.2) is 0 Å². The molecule has 0 amide bonds. The van der Waals surface area contributed by atoms with Crippen molar-refractivity contribution in [3.8, 4) is 0 Å². The van der Waals surface area contributed by atoms with Gasteiger partial charge in [-0.05, 0) is 6.42 Å². The topological polar surface area (TPSA) is 0 Å². The highest BCUT2D eigenvalue weighted by Gasteiger charge is 2.86. The number of hydrogen-bond donors (Lipinski definition) is 0. The molecule has 0 fully saturated rings. The SMILES string of the molecule is CCCCCCCCCCCCCCCC(F)(F)C(F)(F)C(F)(F)C(F)(F)C(F)(F)F. The Kier molecular flexibility index (Phi) is 12.2. The average Bonchev–Trinajstić information content (AvgIpc) is 2.64. The predicted molar refractivity (Wildman–Crippen MR) is 96.2 cm³/mol. The van der Waals surface area contributed by atoms with E-state index >= 15 is 0 Å². The quantitative estimate of drug-likeness (QED) is 0.144. The third-order valence-corrected chi connectivity index (χ3v) is 5.20. The fourth-order valence-electron chi connectivity index (χ4n) is 3.13. The summed E-state index contributed by atoms with van der Waals surface area (Å²) in [6.45, 7) is 2.12. The molecule has 0 aliphatic heterocycles. The summed E-state index contributed by atoms with van der Waals surface area (Å²) < 4.78 is 142. The second kappa shape index (κ2) is 12.5. The van der Waals surface area contributed by atoms with Crippen LogP contribution < -0.4 is 0 Å². The van der Waals surface area contributed by atoms with Gasteiger partial charge in [0.1, 0.15) is 0 Å². The van der Waals surface area contributed by atoms with E-state index in [9.17, 15) is 48.3 Å². The normalized spacial score (nSPS) is 14.3. The van der Waals surface area contributed by atoms with Gasteiger partial charge < -0.3 is 0 Å². The van der Waals surface area contributed by atoms with Crippen molar-refractivity contribution in [3.63, 3.8) is 0 Å². The van der Waals surface area contributed by atoms with Crippen molar-refractivity contribution in [1.82, 2.24) is 0 Å². The second-order valence-corrected chi connectivity index (χ2v) is 7.92. The number of rotatable bonds is 17. The van der Waals surface area contributed by atoms with Crippen LogP contribution in [0.25, 0.3) is 0 Å². The second-order valence-electron chi connectivity index (χ2n) is 7.92. The molecule has 0 spiro atoms. The van der Waals surface area contributed by atoms with Crippen molar-refractivity contribution in [1.29, 1.82) is 0 Å². The molecule has 0 aromatic carbocycles. The Bertz CT molecular complexity index is 484. The van der Waals surface area contributed by atoms with Crippen molar-refractivity contribution in [2.75, 3.05) is 0 Å². The van der Waals surface area contributed by atoms with E-state index in [0.717, 1.165) is 38.5 Å². The lowest BCUT2D eigenvalue weighted by atomic mass is 9.94. The highest BCUT2D eigenvalue weighted by atomic mass is 19.4. The molecule has 0 rings (SSSR count). The fraction of sp³-hybridized carbons (Fsp3) is 1.00. The fourth-order valence-corrected chi connectivity index (χ4v) is 3.13. The minimum Gasteiger partial charge on any atom is -0.200 e. The molecule has 11 heteroatoms. The number of unbranched alkanes of at least 4 members (excludes halogenated alkanes) is 12. The number of hydrogen-bond acceptors (Lipinski definition) is 0. The van der Waals surface area contributed by atoms with Crippen LogP contribution in [0.2, 0.25) is 0 Å². The van der Waals surface area contributed by atoms with Crippen LogP contribution in [0.5, 0.6) is 0 Å². The van der Waals surface area contributed by atoms with E-state index in [1.807, 2.05) is 0 Å². The van der Waals surface area contributed by atoms with E-state index in [2.05, 4.69) is 6.92 Å². The Hall–Kier alpha value is -0.770. The Morgan fingerprint density at radius 3 is 1.03 bits per heavy atom. The summed E-state index contributed by atoms with van der Waals surface area (Å²) in [5.41, 5.74) is 0. The summed E-state index contributed by atoms with van der Waals surface area (Å²) in [6, 6.07) is 0. The highest BCUT2D eigenvalue weighted by molar-refractivity contribution is 5.06. The maximum absolute atomic E-state index is 13.5. The molecule has 0 bridgehead atoms. The van der Waals surface area contributed by atoms with E-state index in [-0.39, 0.29) is 6.42 Å². The first-order chi connectivity index (χ1) is 14.1. The van der Waals surface area contributed by atoms with Crippen molar-refractivity contribution in [3.05, 3.63) is 0 Å². The van der Waals surface area contributed by atoms with E-state index in [1.54, 1.807) is 0 Å². The van der Waals surface area contributed by atoms with Crippen LogP contribution in [0.4, 0.5) is 48.3 Å². The van der Waals surface area contributed by atoms with E-state index in [1.165, 1.54) is 19.3 Å². The van der Waals surface area contributed by atoms with Gasteiger partial charge in [-0.15, -0.1) is 0 Å². The van der Waals surface area contributed by atoms with Crippen LogP contribution in [-0.4, -0.2) is 29.9 Å². The number of halogens is 11. The maximum Gasteiger partial charge on any atom is 0.460 e. The molecule has 0 atom stereocenters. The molecule has 0 aliphatic rings. The Morgan fingerprint density at radius 1 is 0.387 bits per heavy atom. The molecule has 0 aromatic rings. The Balaban J connectivity index is 4.30. The van der Waals surface area contributed by atoms with Gasteiger partial charge in [0.05, 0.1) is 0 Å². The van der Waals surface area contributed by atoms with Crippen LogP contribution in [0.3, 0.4) is 0 Å². The zero-order chi connectivity index (χ0) is 24.4. The van der Waals surface area contributed by atoms with Crippen LogP contribution in [0, 0.1) is 0 Å². The van der Waals surface area contributed by atoms with E-state index in [4.69, 9.17) is 0 Å². The zero-order valence-corrected chi connectivity index (χ0v) is 17.6. The summed E-state index contributed by atoms with van der Waals surface area (Å²) in [7, 11) is 0. The molecule has 0 heterocycles. The molecule has 0 unspecified atom stereocenters. The maximum atomic E-state index is 13.5. The molecular formula is C20H31F11. The van der Waals surface area contributed by atoms with Gasteiger partial charge in [0, 0.05) is 6.42 Å². The minimum atomic E-state index is -7.30. The van der Waals surface area contributed by atoms with Crippen LogP contribution >= 0.6 is 0 Å². The standard InChI is InChI=1S/C20H31F11/c1-2-3-4-5-6-7-8-9-10-11-12-13-14-15-16(21,22)17(23,24)18(25,26)19(27,28)20(29,30)31/h2-15H2,1H3. The molecule has 0 radical (unpaired) electrons. The lowest BCUT2D eigenvalue weighted by Gasteiger charge is -2.37. The smallest absolute Gasteiger partial charge is 0.200 e. The van der Waals surface area contributed by atoms with Gasteiger partial charge >= 0.3 is 29.9 Å². The van der Waals surface area contributed by atoms with Crippen molar-refractivity contribution < 1.29 is 48.3 Å². The largest absolute Gasteiger partial charge is 0.460 e. The average molecular weight is 480 g/mol. The molecule has 0 N–H and O–H groups in total. The van der Waals surface area contributed by atoms with Crippen molar-refractivity contribution in [2.24, 2.45) is 0 Å². The first-order valence-corrected chi connectivity index (χ1v) is 10.6. The van der Waals surface area contributed by atoms with Gasteiger partial charge in [0.25, 0.3) is 0 Å². The molecule has 0 aliphatic carbocycles. The lowest BCUT2D eigenvalue weighted by Crippen LogP contribution is -2.66. The molecule has 0 saturated carbocycles. The summed E-state index contributed by atoms with van der Waals surface area (Å²) in [5, 5.41) is 0. The predicted octanol–water partition coefficient (Wildman–Crippen LogP) is 9.57. The monoisotopic (exact) mass is 480 g/mol. The molecular weight excluding hydrogens is 449 g/mol. The Labute approximate surface area is 175 Å². The molecule has 31 heavy (non-hydrogen) atoms. The van der Waals surface area contributed by atoms with Gasteiger partial charge in [-0.3, -0.25) is 0 Å². The van der Waals surface area contributed by atoms with Crippen LogP contribution in [0.15, 0.2) is 0 Å². The van der Waals surface area contributed by atoms with E-state index in [0.29, 0.717) is 12.8 Å². The van der Waals surface area contributed by atoms with Gasteiger partial charge in [-0.1, -0.05) is 84.0 Å². The first kappa shape index (κ1) is 30.2. The summed E-state index contributed by atoms with van der Waals surface area (Å²) in [5.74, 6) is -27.2. The Morgan fingerprint density at radius 2 is 0.710 bits per heavy atom. The third-order valence-electron chi connectivity index (χ3n) is 5.20.